The van der Waals surface area contributed by atoms with Gasteiger partial charge in [-0.15, -0.1) is 23.2 Å². The maximum Gasteiger partial charge on any atom is 1.00 e. The second-order valence-electron chi connectivity index (χ2n) is 1.90. The molecule has 0 radical (unpaired) electrons. The Hall–Kier alpha value is 3.04. The summed E-state index contributed by atoms with van der Waals surface area (Å²) < 4.78 is 57.5. The number of rotatable bonds is 4. The van der Waals surface area contributed by atoms with Gasteiger partial charge in [0, 0.05) is 11.8 Å². The maximum absolute atomic E-state index is 9.59. The monoisotopic (exact) mass is 348 g/mol. The summed E-state index contributed by atoms with van der Waals surface area (Å²) in [4.78, 5) is 0. The van der Waals surface area contributed by atoms with Crippen molar-refractivity contribution in [3.8, 4) is 0 Å². The van der Waals surface area contributed by atoms with Crippen LogP contribution in [0.5, 0.6) is 0 Å². The second-order valence-corrected chi connectivity index (χ2v) is 5.70. The van der Waals surface area contributed by atoms with Gasteiger partial charge >= 0.3 is 80.9 Å². The summed E-state index contributed by atoms with van der Waals surface area (Å²) in [6.07, 6.45) is 0. The fraction of sp³-hybridized carbons (Fsp3) is 1.00. The van der Waals surface area contributed by atoms with Gasteiger partial charge in [-0.3, -0.25) is 0 Å². The number of hydrogen-bond acceptors (Lipinski definition) is 6. The van der Waals surface area contributed by atoms with Crippen LogP contribution in [0.1, 0.15) is 0 Å². The molecule has 0 saturated carbocycles. The van der Waals surface area contributed by atoms with Crippen molar-refractivity contribution in [2.45, 2.75) is 0 Å². The zero-order valence-electron chi connectivity index (χ0n) is 8.85. The molecule has 0 aromatic heterocycles. The van der Waals surface area contributed by atoms with Crippen molar-refractivity contribution >= 4 is 43.4 Å². The van der Waals surface area contributed by atoms with E-state index < -0.39 is 31.7 Å². The van der Waals surface area contributed by atoms with Gasteiger partial charge in [0.15, 0.2) is 0 Å². The maximum atomic E-state index is 9.59. The summed E-state index contributed by atoms with van der Waals surface area (Å²) in [6, 6.07) is 0. The first-order chi connectivity index (χ1) is 6.12. The van der Waals surface area contributed by atoms with Gasteiger partial charge in [-0.25, -0.2) is 16.8 Å². The van der Waals surface area contributed by atoms with E-state index in [0.29, 0.717) is 0 Å². The Morgan fingerprint density at radius 1 is 0.812 bits per heavy atom. The average Bonchev–Trinajstić information content (AvgIpc) is 1.81. The van der Waals surface area contributed by atoms with Crippen molar-refractivity contribution in [3.63, 3.8) is 0 Å². The summed E-state index contributed by atoms with van der Waals surface area (Å²) >= 11 is 9.81. The summed E-state index contributed by atoms with van der Waals surface area (Å²) in [5.74, 6) is -1.19. The molecule has 0 rings (SSSR count). The minimum absolute atomic E-state index is 0. The molecule has 16 heavy (non-hydrogen) atoms. The quantitative estimate of drug-likeness (QED) is 0.283. The summed E-state index contributed by atoms with van der Waals surface area (Å²) in [5, 5.41) is 0. The molecule has 0 atom stereocenters. The third-order valence-electron chi connectivity index (χ3n) is 0.654. The van der Waals surface area contributed by atoms with Crippen molar-refractivity contribution in [2.24, 2.45) is 0 Å². The number of halogens is 2. The van der Waals surface area contributed by atoms with Gasteiger partial charge in [0.2, 0.25) is 0 Å². The van der Waals surface area contributed by atoms with Gasteiger partial charge in [-0.2, -0.15) is 0 Å². The van der Waals surface area contributed by atoms with Crippen LogP contribution in [0, 0.1) is 0 Å². The van der Waals surface area contributed by atoms with Gasteiger partial charge < -0.3 is 9.11 Å². The van der Waals surface area contributed by atoms with Crippen LogP contribution in [0.4, 0.5) is 0 Å². The van der Waals surface area contributed by atoms with Gasteiger partial charge in [0.1, 0.15) is 0 Å². The van der Waals surface area contributed by atoms with Gasteiger partial charge in [0.25, 0.3) is 0 Å². The standard InChI is InChI=1S/2C2H5ClO3S.K.Na/c2*3-1-2-7(4,5)6;;/h2*1-2H2,(H,4,5,6);;/q;;2*+1/p-2. The van der Waals surface area contributed by atoms with Crippen LogP contribution in [-0.4, -0.2) is 49.2 Å². The summed E-state index contributed by atoms with van der Waals surface area (Å²) in [5.41, 5.74) is 0. The first kappa shape index (κ1) is 27.4. The van der Waals surface area contributed by atoms with Gasteiger partial charge in [0.05, 0.1) is 31.7 Å². The van der Waals surface area contributed by atoms with Crippen molar-refractivity contribution in [1.29, 1.82) is 0 Å². The average molecular weight is 349 g/mol. The van der Waals surface area contributed by atoms with E-state index in [1.807, 2.05) is 0 Å². The Morgan fingerprint density at radius 2 is 1.00 bits per heavy atom. The molecule has 0 aliphatic heterocycles. The van der Waals surface area contributed by atoms with Crippen LogP contribution in [0.25, 0.3) is 0 Å². The normalized spacial score (nSPS) is 10.2. The van der Waals surface area contributed by atoms with Crippen LogP contribution in [-0.2, 0) is 20.2 Å². The Labute approximate surface area is 170 Å². The SMILES string of the molecule is O=S(=O)([O-])CCCl.O=S(=O)([O-])CCCl.[K+].[Na+]. The third-order valence-corrected chi connectivity index (χ3v) is 2.89. The summed E-state index contributed by atoms with van der Waals surface area (Å²) in [6.45, 7) is 0. The van der Waals surface area contributed by atoms with E-state index >= 15 is 0 Å². The van der Waals surface area contributed by atoms with Crippen molar-refractivity contribution in [3.05, 3.63) is 0 Å². The zero-order chi connectivity index (χ0) is 11.8. The fourth-order valence-electron chi connectivity index (χ4n) is 0.189. The van der Waals surface area contributed by atoms with Crippen LogP contribution >= 0.6 is 23.2 Å². The predicted octanol–water partition coefficient (Wildman–Crippen LogP) is -6.45. The molecule has 0 fully saturated rings. The van der Waals surface area contributed by atoms with E-state index in [0.717, 1.165) is 0 Å². The molecule has 0 spiro atoms. The zero-order valence-corrected chi connectivity index (χ0v) is 17.1. The Morgan fingerprint density at radius 3 is 1.00 bits per heavy atom. The van der Waals surface area contributed by atoms with E-state index in [1.54, 1.807) is 0 Å². The molecule has 0 unspecified atom stereocenters. The molecular formula is C4H8Cl2KNaO6S2. The summed E-state index contributed by atoms with van der Waals surface area (Å²) in [7, 11) is -8.11. The third kappa shape index (κ3) is 36.0. The number of hydrogen-bond donors (Lipinski definition) is 0. The molecule has 0 aliphatic carbocycles. The van der Waals surface area contributed by atoms with Crippen LogP contribution in [0.2, 0.25) is 0 Å². The van der Waals surface area contributed by atoms with Crippen LogP contribution in [0.15, 0.2) is 0 Å². The molecule has 12 heteroatoms. The van der Waals surface area contributed by atoms with E-state index in [-0.39, 0.29) is 92.7 Å². The topological polar surface area (TPSA) is 114 Å². The van der Waals surface area contributed by atoms with E-state index in [2.05, 4.69) is 0 Å². The van der Waals surface area contributed by atoms with Crippen molar-refractivity contribution < 1.29 is 107 Å². The van der Waals surface area contributed by atoms with Gasteiger partial charge in [-0.05, 0) is 0 Å². The largest absolute Gasteiger partial charge is 1.00 e. The van der Waals surface area contributed by atoms with Crippen LogP contribution < -0.4 is 80.9 Å². The van der Waals surface area contributed by atoms with Gasteiger partial charge in [-0.1, -0.05) is 0 Å². The first-order valence-corrected chi connectivity index (χ1v) is 7.34. The molecule has 0 bridgehead atoms. The van der Waals surface area contributed by atoms with E-state index in [1.165, 1.54) is 0 Å². The first-order valence-electron chi connectivity index (χ1n) is 3.11. The van der Waals surface area contributed by atoms with E-state index in [9.17, 15) is 25.9 Å². The number of alkyl halides is 2. The van der Waals surface area contributed by atoms with Crippen LogP contribution in [0.3, 0.4) is 0 Å². The fourth-order valence-corrected chi connectivity index (χ4v) is 1.70. The molecule has 0 saturated heterocycles. The molecule has 0 aromatic rings. The van der Waals surface area contributed by atoms with E-state index in [4.69, 9.17) is 23.2 Å². The second kappa shape index (κ2) is 14.4. The molecule has 0 amide bonds. The molecule has 0 heterocycles. The minimum atomic E-state index is -4.06. The Balaban J connectivity index is -0.0000000800. The molecule has 0 aliphatic rings. The molecular weight excluding hydrogens is 341 g/mol. The Bertz CT molecular complexity index is 296. The molecule has 0 N–H and O–H groups in total. The Kier molecular flexibility index (Phi) is 24.7. The molecule has 88 valence electrons. The van der Waals surface area contributed by atoms with Crippen molar-refractivity contribution in [1.82, 2.24) is 0 Å². The predicted molar refractivity (Wildman–Crippen MR) is 50.6 cm³/mol. The molecule has 0 aromatic carbocycles. The molecule has 6 nitrogen and oxygen atoms in total. The smallest absolute Gasteiger partial charge is 0.748 e. The minimum Gasteiger partial charge on any atom is -0.748 e. The van der Waals surface area contributed by atoms with Crippen molar-refractivity contribution in [2.75, 3.05) is 23.3 Å².